The molecule has 3 aromatic heterocycles. The number of carbonyl (C=O) groups is 1. The molecule has 4 aliphatic carbocycles. The van der Waals surface area contributed by atoms with Gasteiger partial charge in [0.05, 0.1) is 29.0 Å². The molecule has 0 aliphatic heterocycles. The van der Waals surface area contributed by atoms with E-state index in [1.807, 2.05) is 53.3 Å². The number of carbonyl (C=O) groups excluding carboxylic acids is 1. The highest BCUT2D eigenvalue weighted by atomic mass is 16.3. The number of aromatic nitrogens is 5. The molecule has 7 unspecified atom stereocenters. The van der Waals surface area contributed by atoms with Gasteiger partial charge in [0.2, 0.25) is 0 Å². The summed E-state index contributed by atoms with van der Waals surface area (Å²) in [5.41, 5.74) is 3.20. The van der Waals surface area contributed by atoms with E-state index in [-0.39, 0.29) is 35.4 Å². The van der Waals surface area contributed by atoms with Gasteiger partial charge in [-0.1, -0.05) is 37.6 Å². The summed E-state index contributed by atoms with van der Waals surface area (Å²) < 4.78 is 1.93. The van der Waals surface area contributed by atoms with Crippen molar-refractivity contribution in [2.45, 2.75) is 76.9 Å². The van der Waals surface area contributed by atoms with E-state index in [1.54, 1.807) is 6.20 Å². The van der Waals surface area contributed by atoms with E-state index < -0.39 is 17.1 Å². The molecule has 0 amide bonds. The number of H-pyrrole nitrogens is 1. The Kier molecular flexibility index (Phi) is 5.92. The molecule has 43 heavy (non-hydrogen) atoms. The Labute approximate surface area is 251 Å². The van der Waals surface area contributed by atoms with Crippen molar-refractivity contribution < 1.29 is 15.0 Å². The zero-order valence-corrected chi connectivity index (χ0v) is 24.8. The van der Waals surface area contributed by atoms with Gasteiger partial charge in [-0.15, -0.1) is 0 Å². The quantitative estimate of drug-likeness (QED) is 0.299. The summed E-state index contributed by atoms with van der Waals surface area (Å²) in [4.78, 5) is 26.3. The normalized spacial score (nSPS) is 34.7. The van der Waals surface area contributed by atoms with E-state index in [1.165, 1.54) is 11.1 Å². The van der Waals surface area contributed by atoms with Crippen LogP contribution < -0.4 is 0 Å². The first-order chi connectivity index (χ1) is 20.7. The van der Waals surface area contributed by atoms with E-state index in [4.69, 9.17) is 5.10 Å². The number of hydrogen-bond acceptors (Lipinski definition) is 6. The van der Waals surface area contributed by atoms with Crippen molar-refractivity contribution >= 4 is 22.9 Å². The molecule has 7 atom stereocenters. The van der Waals surface area contributed by atoms with Gasteiger partial charge in [0.1, 0.15) is 11.4 Å². The second-order valence-electron chi connectivity index (χ2n) is 14.0. The van der Waals surface area contributed by atoms with Gasteiger partial charge in [0, 0.05) is 24.5 Å². The zero-order valence-electron chi connectivity index (χ0n) is 24.8. The largest absolute Gasteiger partial charge is 0.393 e. The fourth-order valence-electron chi connectivity index (χ4n) is 9.87. The summed E-state index contributed by atoms with van der Waals surface area (Å²) >= 11 is 0. The second kappa shape index (κ2) is 9.44. The molecule has 0 radical (unpaired) electrons. The number of benzene rings is 1. The minimum Gasteiger partial charge on any atom is -0.393 e. The number of aliphatic hydroxyl groups excluding tert-OH is 1. The second-order valence-corrected chi connectivity index (χ2v) is 14.0. The van der Waals surface area contributed by atoms with E-state index in [0.717, 1.165) is 54.1 Å². The third-order valence-corrected chi connectivity index (χ3v) is 11.9. The highest BCUT2D eigenvalue weighted by Crippen LogP contribution is 2.67. The van der Waals surface area contributed by atoms with Crippen molar-refractivity contribution in [2.75, 3.05) is 0 Å². The van der Waals surface area contributed by atoms with Crippen LogP contribution in [-0.2, 0) is 17.6 Å². The van der Waals surface area contributed by atoms with E-state index >= 15 is 0 Å². The lowest BCUT2D eigenvalue weighted by Crippen LogP contribution is -2.61. The van der Waals surface area contributed by atoms with Gasteiger partial charge in [-0.05, 0) is 97.6 Å². The maximum absolute atomic E-state index is 13.8. The number of nitrogens with zero attached hydrogens (tertiary/aromatic N) is 4. The molecule has 3 heterocycles. The molecule has 1 aromatic carbocycles. The van der Waals surface area contributed by atoms with Gasteiger partial charge >= 0.3 is 0 Å². The van der Waals surface area contributed by atoms with Gasteiger partial charge in [0.15, 0.2) is 11.6 Å². The number of allylic oxidation sites excluding steroid dienone is 1. The van der Waals surface area contributed by atoms with Gasteiger partial charge in [0.25, 0.3) is 0 Å². The molecule has 3 N–H and O–H groups in total. The van der Waals surface area contributed by atoms with Crippen molar-refractivity contribution in [1.82, 2.24) is 24.7 Å². The van der Waals surface area contributed by atoms with Crippen LogP contribution in [0.2, 0.25) is 0 Å². The maximum atomic E-state index is 13.8. The lowest BCUT2D eigenvalue weighted by Gasteiger charge is -2.60. The summed E-state index contributed by atoms with van der Waals surface area (Å²) in [5.74, 6) is 1.98. The highest BCUT2D eigenvalue weighted by molar-refractivity contribution is 5.89. The number of hydrogen-bond donors (Lipinski definition) is 3. The Balaban J connectivity index is 1.05. The third kappa shape index (κ3) is 3.82. The number of para-hydroxylation sites is 2. The Morgan fingerprint density at radius 2 is 1.98 bits per heavy atom. The number of aliphatic hydroxyl groups is 2. The maximum Gasteiger partial charge on any atom is 0.165 e. The molecule has 8 rings (SSSR count). The van der Waals surface area contributed by atoms with Gasteiger partial charge < -0.3 is 15.2 Å². The predicted molar refractivity (Wildman–Crippen MR) is 163 cm³/mol. The molecule has 3 fully saturated rings. The topological polar surface area (TPSA) is 117 Å². The van der Waals surface area contributed by atoms with Crippen LogP contribution in [0.15, 0.2) is 60.4 Å². The predicted octanol–water partition coefficient (Wildman–Crippen LogP) is 5.23. The Hall–Kier alpha value is -3.62. The number of imidazole rings is 1. The van der Waals surface area contributed by atoms with Crippen LogP contribution in [0.4, 0.5) is 0 Å². The minimum absolute atomic E-state index is 0.0740. The van der Waals surface area contributed by atoms with Crippen LogP contribution in [0.1, 0.15) is 69.5 Å². The summed E-state index contributed by atoms with van der Waals surface area (Å²) in [6, 6.07) is 13.7. The van der Waals surface area contributed by atoms with Crippen molar-refractivity contribution in [3.8, 4) is 5.82 Å². The van der Waals surface area contributed by atoms with E-state index in [0.29, 0.717) is 19.3 Å². The number of aromatic amines is 1. The average Bonchev–Trinajstić information content (AvgIpc) is 3.68. The minimum atomic E-state index is -1.43. The summed E-state index contributed by atoms with van der Waals surface area (Å²) in [6.45, 7) is 4.40. The number of aryl methyl sites for hydroxylation is 1. The molecule has 4 aromatic rings. The SMILES string of the molecule is CC12Cc3cnn(-c4ccccn4)c3C=C1CCC1C2C(O)CC2(C)C1CCC2(O)C(=O)CCc1nc2ccccc2[nH]1. The van der Waals surface area contributed by atoms with E-state index in [9.17, 15) is 15.0 Å². The molecular formula is C35H39N5O3. The van der Waals surface area contributed by atoms with Crippen molar-refractivity contribution in [1.29, 1.82) is 0 Å². The van der Waals surface area contributed by atoms with Crippen LogP contribution >= 0.6 is 0 Å². The number of fused-ring (bicyclic) bond motifs is 7. The first-order valence-electron chi connectivity index (χ1n) is 15.8. The van der Waals surface area contributed by atoms with Crippen molar-refractivity contribution in [2.24, 2.45) is 28.6 Å². The molecule has 0 bridgehead atoms. The van der Waals surface area contributed by atoms with Gasteiger partial charge in [-0.25, -0.2) is 14.6 Å². The van der Waals surface area contributed by atoms with Crippen molar-refractivity contribution in [3.63, 3.8) is 0 Å². The average molecular weight is 578 g/mol. The fraction of sp³-hybridized carbons (Fsp3) is 0.486. The lowest BCUT2D eigenvalue weighted by molar-refractivity contribution is -0.179. The molecular weight excluding hydrogens is 538 g/mol. The first kappa shape index (κ1) is 27.0. The third-order valence-electron chi connectivity index (χ3n) is 11.9. The van der Waals surface area contributed by atoms with Crippen LogP contribution in [0.5, 0.6) is 0 Å². The zero-order chi connectivity index (χ0) is 29.6. The Morgan fingerprint density at radius 1 is 1.14 bits per heavy atom. The molecule has 0 saturated heterocycles. The van der Waals surface area contributed by atoms with Crippen LogP contribution in [0.3, 0.4) is 0 Å². The summed E-state index contributed by atoms with van der Waals surface area (Å²) in [7, 11) is 0. The Morgan fingerprint density at radius 3 is 2.79 bits per heavy atom. The monoisotopic (exact) mass is 577 g/mol. The molecule has 3 saturated carbocycles. The van der Waals surface area contributed by atoms with Crippen LogP contribution in [-0.4, -0.2) is 52.4 Å². The Bertz CT molecular complexity index is 1730. The first-order valence-corrected chi connectivity index (χ1v) is 15.8. The van der Waals surface area contributed by atoms with Crippen LogP contribution in [0.25, 0.3) is 22.9 Å². The highest BCUT2D eigenvalue weighted by Gasteiger charge is 2.68. The van der Waals surface area contributed by atoms with E-state index in [2.05, 4.69) is 34.9 Å². The number of ketones is 1. The standard InChI is InChI=1S/C35H39N5O3/c1-33-18-21-20-37-40(31-9-5-6-16-36-31)27(21)17-22(33)10-11-23-24-14-15-35(43,34(24,2)19-28(41)32(23)33)29(42)12-13-30-38-25-7-3-4-8-26(25)39-30/h3-9,16-17,20,23-24,28,32,41,43H,10-15,18-19H2,1-2H3,(H,38,39). The molecule has 4 aliphatic rings. The smallest absolute Gasteiger partial charge is 0.165 e. The summed E-state index contributed by atoms with van der Waals surface area (Å²) in [5, 5.41) is 28.8. The molecule has 0 spiro atoms. The lowest BCUT2D eigenvalue weighted by atomic mass is 9.45. The number of Topliss-reactive ketones (excluding diaryl/α,β-unsaturated/α-hetero) is 1. The molecule has 222 valence electrons. The summed E-state index contributed by atoms with van der Waals surface area (Å²) in [6.07, 6.45) is 10.6. The molecule has 8 heteroatoms. The number of rotatable bonds is 5. The fourth-order valence-corrected chi connectivity index (χ4v) is 9.87. The van der Waals surface area contributed by atoms with Gasteiger partial charge in [-0.2, -0.15) is 5.10 Å². The number of pyridine rings is 1. The van der Waals surface area contributed by atoms with Gasteiger partial charge in [-0.3, -0.25) is 4.79 Å². The number of nitrogens with one attached hydrogen (secondary N) is 1. The van der Waals surface area contributed by atoms with Crippen molar-refractivity contribution in [3.05, 3.63) is 77.5 Å². The molecule has 8 nitrogen and oxygen atoms in total. The van der Waals surface area contributed by atoms with Crippen LogP contribution in [0, 0.1) is 28.6 Å².